The Morgan fingerprint density at radius 2 is 2.22 bits per heavy atom. The van der Waals surface area contributed by atoms with Crippen molar-refractivity contribution < 1.29 is 0 Å². The van der Waals surface area contributed by atoms with Crippen molar-refractivity contribution in [2.75, 3.05) is 0 Å². The van der Waals surface area contributed by atoms with Gasteiger partial charge in [-0.25, -0.2) is 0 Å². The zero-order valence-electron chi connectivity index (χ0n) is 9.79. The molecule has 0 saturated carbocycles. The van der Waals surface area contributed by atoms with E-state index in [1.807, 2.05) is 19.1 Å². The van der Waals surface area contributed by atoms with Crippen LogP contribution in [0, 0.1) is 16.1 Å². The third kappa shape index (κ3) is 2.52. The van der Waals surface area contributed by atoms with Crippen LogP contribution in [0.25, 0.3) is 0 Å². The van der Waals surface area contributed by atoms with Crippen molar-refractivity contribution in [3.63, 3.8) is 0 Å². The van der Waals surface area contributed by atoms with Gasteiger partial charge < -0.3 is 0 Å². The lowest BCUT2D eigenvalue weighted by molar-refractivity contribution is 0.780. The predicted molar refractivity (Wildman–Crippen MR) is 70.9 cm³/mol. The summed E-state index contributed by atoms with van der Waals surface area (Å²) in [5, 5.41) is 19.7. The summed E-state index contributed by atoms with van der Waals surface area (Å²) in [6.07, 6.45) is 2.43. The van der Waals surface area contributed by atoms with Crippen molar-refractivity contribution in [1.82, 2.24) is 14.9 Å². The molecule has 90 valence electrons. The molecule has 0 unspecified atom stereocenters. The number of benzene rings is 1. The van der Waals surface area contributed by atoms with E-state index in [9.17, 15) is 0 Å². The minimum Gasteiger partial charge on any atom is -0.250 e. The summed E-state index contributed by atoms with van der Waals surface area (Å²) in [7, 11) is 0. The van der Waals surface area contributed by atoms with Crippen LogP contribution in [0.3, 0.4) is 0 Å². The first kappa shape index (κ1) is 12.2. The molecule has 0 saturated heterocycles. The largest absolute Gasteiger partial charge is 0.250 e. The van der Waals surface area contributed by atoms with E-state index in [1.54, 1.807) is 23.0 Å². The van der Waals surface area contributed by atoms with E-state index in [1.165, 1.54) is 0 Å². The summed E-state index contributed by atoms with van der Waals surface area (Å²) in [6.45, 7) is 1.98. The Morgan fingerprint density at radius 3 is 2.83 bits per heavy atom. The van der Waals surface area contributed by atoms with Gasteiger partial charge in [0.05, 0.1) is 17.8 Å². The van der Waals surface area contributed by atoms with Crippen LogP contribution >= 0.6 is 12.2 Å². The number of nitriles is 1. The maximum atomic E-state index is 8.70. The molecule has 0 aliphatic heterocycles. The summed E-state index contributed by atoms with van der Waals surface area (Å²) in [4.78, 5) is 0. The van der Waals surface area contributed by atoms with Crippen LogP contribution in [-0.4, -0.2) is 21.1 Å². The van der Waals surface area contributed by atoms with Gasteiger partial charge in [-0.15, -0.1) is 0 Å². The summed E-state index contributed by atoms with van der Waals surface area (Å²) >= 11 is 5.08. The molecule has 0 amide bonds. The van der Waals surface area contributed by atoms with Crippen molar-refractivity contribution in [1.29, 1.82) is 5.26 Å². The third-order valence-corrected chi connectivity index (χ3v) is 2.66. The monoisotopic (exact) mass is 257 g/mol. The van der Waals surface area contributed by atoms with E-state index < -0.39 is 0 Å². The van der Waals surface area contributed by atoms with E-state index >= 15 is 0 Å². The van der Waals surface area contributed by atoms with Crippen molar-refractivity contribution in [3.8, 4) is 6.07 Å². The maximum Gasteiger partial charge on any atom is 0.216 e. The van der Waals surface area contributed by atoms with Gasteiger partial charge in [0.15, 0.2) is 5.82 Å². The minimum atomic E-state index is 0.469. The van der Waals surface area contributed by atoms with Gasteiger partial charge in [-0.05, 0) is 29.9 Å². The summed E-state index contributed by atoms with van der Waals surface area (Å²) < 4.78 is 2.06. The Hall–Kier alpha value is -2.26. The molecule has 2 aromatic rings. The van der Waals surface area contributed by atoms with Gasteiger partial charge in [-0.1, -0.05) is 19.1 Å². The third-order valence-electron chi connectivity index (χ3n) is 2.40. The van der Waals surface area contributed by atoms with Gasteiger partial charge in [-0.3, -0.25) is 5.10 Å². The Bertz CT molecular complexity index is 657. The number of hydrogen-bond donors (Lipinski definition) is 1. The Kier molecular flexibility index (Phi) is 3.65. The highest BCUT2D eigenvalue weighted by Gasteiger charge is 2.00. The molecule has 5 nitrogen and oxygen atoms in total. The van der Waals surface area contributed by atoms with E-state index in [0.29, 0.717) is 10.3 Å². The number of aromatic nitrogens is 3. The number of aryl methyl sites for hydroxylation is 1. The second-order valence-electron chi connectivity index (χ2n) is 3.59. The summed E-state index contributed by atoms with van der Waals surface area (Å²) in [6, 6.07) is 9.22. The SMILES string of the molecule is CCc1n[nH]c(=S)n1/N=C/c1ccc(C#N)cc1. The van der Waals surface area contributed by atoms with E-state index in [-0.39, 0.29) is 0 Å². The molecule has 0 spiro atoms. The lowest BCUT2D eigenvalue weighted by Crippen LogP contribution is -1.97. The molecule has 2 rings (SSSR count). The molecule has 6 heteroatoms. The van der Waals surface area contributed by atoms with Gasteiger partial charge in [0.2, 0.25) is 4.77 Å². The van der Waals surface area contributed by atoms with Crippen molar-refractivity contribution in [3.05, 3.63) is 46.0 Å². The van der Waals surface area contributed by atoms with Crippen molar-refractivity contribution in [2.45, 2.75) is 13.3 Å². The van der Waals surface area contributed by atoms with Gasteiger partial charge >= 0.3 is 0 Å². The molecule has 0 atom stereocenters. The Labute approximate surface area is 109 Å². The molecule has 1 aromatic carbocycles. The topological polar surface area (TPSA) is 69.8 Å². The number of H-pyrrole nitrogens is 1. The smallest absolute Gasteiger partial charge is 0.216 e. The molecule has 1 N–H and O–H groups in total. The van der Waals surface area contributed by atoms with Gasteiger partial charge in [-0.2, -0.15) is 20.1 Å². The van der Waals surface area contributed by atoms with Crippen molar-refractivity contribution in [2.24, 2.45) is 5.10 Å². The molecule has 0 radical (unpaired) electrons. The quantitative estimate of drug-likeness (QED) is 0.677. The van der Waals surface area contributed by atoms with Gasteiger partial charge in [0.25, 0.3) is 0 Å². The second-order valence-corrected chi connectivity index (χ2v) is 3.98. The minimum absolute atomic E-state index is 0.469. The molecule has 0 aliphatic rings. The summed E-state index contributed by atoms with van der Waals surface area (Å²) in [5.74, 6) is 0.782. The highest BCUT2D eigenvalue weighted by Crippen LogP contribution is 2.02. The van der Waals surface area contributed by atoms with Crippen LogP contribution in [0.1, 0.15) is 23.9 Å². The highest BCUT2D eigenvalue weighted by atomic mass is 32.1. The fourth-order valence-electron chi connectivity index (χ4n) is 1.44. The number of aromatic amines is 1. The van der Waals surface area contributed by atoms with Crippen LogP contribution < -0.4 is 0 Å². The number of rotatable bonds is 3. The number of nitrogens with zero attached hydrogens (tertiary/aromatic N) is 4. The molecule has 0 bridgehead atoms. The van der Waals surface area contributed by atoms with Crippen LogP contribution in [0.15, 0.2) is 29.4 Å². The molecule has 18 heavy (non-hydrogen) atoms. The zero-order valence-corrected chi connectivity index (χ0v) is 10.6. The van der Waals surface area contributed by atoms with E-state index in [0.717, 1.165) is 17.8 Å². The van der Waals surface area contributed by atoms with Crippen LogP contribution in [-0.2, 0) is 6.42 Å². The fraction of sp³-hybridized carbons (Fsp3) is 0.167. The lowest BCUT2D eigenvalue weighted by atomic mass is 10.2. The fourth-order valence-corrected chi connectivity index (χ4v) is 1.64. The van der Waals surface area contributed by atoms with Crippen LogP contribution in [0.4, 0.5) is 0 Å². The second kappa shape index (κ2) is 5.38. The zero-order chi connectivity index (χ0) is 13.0. The molecular weight excluding hydrogens is 246 g/mol. The molecule has 1 aromatic heterocycles. The first-order valence-corrected chi connectivity index (χ1v) is 5.86. The van der Waals surface area contributed by atoms with Crippen molar-refractivity contribution >= 4 is 18.4 Å². The average Bonchev–Trinajstić information content (AvgIpc) is 2.77. The lowest BCUT2D eigenvalue weighted by Gasteiger charge is -1.97. The van der Waals surface area contributed by atoms with Crippen LogP contribution in [0.5, 0.6) is 0 Å². The van der Waals surface area contributed by atoms with E-state index in [2.05, 4.69) is 21.4 Å². The first-order chi connectivity index (χ1) is 8.74. The molecular formula is C12H11N5S. The molecule has 0 aliphatic carbocycles. The highest BCUT2D eigenvalue weighted by molar-refractivity contribution is 7.71. The Balaban J connectivity index is 2.27. The Morgan fingerprint density at radius 1 is 1.50 bits per heavy atom. The first-order valence-electron chi connectivity index (χ1n) is 5.45. The van der Waals surface area contributed by atoms with Crippen LogP contribution in [0.2, 0.25) is 0 Å². The number of nitrogens with one attached hydrogen (secondary N) is 1. The standard InChI is InChI=1S/C12H11N5S/c1-2-11-15-16-12(18)17(11)14-8-10-5-3-9(7-13)4-6-10/h3-6,8H,2H2,1H3,(H,16,18)/b14-8+. The van der Waals surface area contributed by atoms with Gasteiger partial charge in [0.1, 0.15) is 0 Å². The average molecular weight is 257 g/mol. The van der Waals surface area contributed by atoms with Gasteiger partial charge in [0, 0.05) is 6.42 Å². The molecule has 0 fully saturated rings. The van der Waals surface area contributed by atoms with E-state index in [4.69, 9.17) is 17.5 Å². The number of hydrogen-bond acceptors (Lipinski definition) is 4. The summed E-state index contributed by atoms with van der Waals surface area (Å²) in [5.41, 5.74) is 1.53. The normalized spacial score (nSPS) is 10.7. The predicted octanol–water partition coefficient (Wildman–Crippen LogP) is 2.26. The molecule has 1 heterocycles. The maximum absolute atomic E-state index is 8.70.